The maximum atomic E-state index is 8.90. The molecule has 14 heavy (non-hydrogen) atoms. The van der Waals surface area contributed by atoms with E-state index in [0.29, 0.717) is 13.2 Å². The number of hydrogen-bond donors (Lipinski definition) is 1. The Hall–Kier alpha value is -0.630. The Balaban J connectivity index is 2.01. The molecule has 0 aromatic carbocycles. The first-order chi connectivity index (χ1) is 6.68. The Labute approximate surface area is 85.8 Å². The number of nitrogens with zero attached hydrogens (tertiary/aromatic N) is 2. The van der Waals surface area contributed by atoms with Crippen LogP contribution in [0.4, 0.5) is 0 Å². The molecule has 4 heteroatoms. The van der Waals surface area contributed by atoms with E-state index in [9.17, 15) is 0 Å². The molecule has 0 amide bonds. The number of ether oxygens (including phenoxy) is 1. The van der Waals surface area contributed by atoms with E-state index in [1.165, 1.54) is 0 Å². The Morgan fingerprint density at radius 1 is 1.50 bits per heavy atom. The fraction of sp³-hybridized carbons (Fsp3) is 0.900. The standard InChI is InChI=1S/C10H19N3O/c1-13(2)5-3-4-12-7-10(6-11)8-14-9-10/h12H,3-5,7-9H2,1-2H3. The molecule has 0 unspecified atom stereocenters. The summed E-state index contributed by atoms with van der Waals surface area (Å²) < 4.78 is 5.05. The zero-order valence-electron chi connectivity index (χ0n) is 9.05. The van der Waals surface area contributed by atoms with E-state index in [1.54, 1.807) is 0 Å². The monoisotopic (exact) mass is 197 g/mol. The summed E-state index contributed by atoms with van der Waals surface area (Å²) in [6.07, 6.45) is 1.12. The maximum Gasteiger partial charge on any atom is 0.116 e. The molecule has 4 nitrogen and oxygen atoms in total. The minimum atomic E-state index is -0.238. The highest BCUT2D eigenvalue weighted by molar-refractivity contribution is 5.05. The molecule has 0 aromatic heterocycles. The van der Waals surface area contributed by atoms with Crippen molar-refractivity contribution in [1.82, 2.24) is 10.2 Å². The summed E-state index contributed by atoms with van der Waals surface area (Å²) in [7, 11) is 4.13. The first kappa shape index (κ1) is 11.4. The molecule has 80 valence electrons. The third-order valence-electron chi connectivity index (χ3n) is 2.42. The molecule has 1 aliphatic rings. The highest BCUT2D eigenvalue weighted by Crippen LogP contribution is 2.24. The number of nitrogens with one attached hydrogen (secondary N) is 1. The molecule has 0 saturated carbocycles. The van der Waals surface area contributed by atoms with Crippen molar-refractivity contribution in [1.29, 1.82) is 5.26 Å². The average molecular weight is 197 g/mol. The van der Waals surface area contributed by atoms with Gasteiger partial charge in [0.15, 0.2) is 0 Å². The van der Waals surface area contributed by atoms with Gasteiger partial charge in [-0.3, -0.25) is 0 Å². The van der Waals surface area contributed by atoms with Crippen molar-refractivity contribution in [3.63, 3.8) is 0 Å². The maximum absolute atomic E-state index is 8.90. The summed E-state index contributed by atoms with van der Waals surface area (Å²) in [5, 5.41) is 12.2. The molecule has 0 radical (unpaired) electrons. The van der Waals surface area contributed by atoms with Crippen LogP contribution in [0.3, 0.4) is 0 Å². The van der Waals surface area contributed by atoms with Crippen molar-refractivity contribution in [2.24, 2.45) is 5.41 Å². The lowest BCUT2D eigenvalue weighted by Gasteiger charge is -2.35. The van der Waals surface area contributed by atoms with Crippen LogP contribution in [0.5, 0.6) is 0 Å². The fourth-order valence-electron chi connectivity index (χ4n) is 1.40. The lowest BCUT2D eigenvalue weighted by atomic mass is 9.88. The predicted molar refractivity (Wildman–Crippen MR) is 54.9 cm³/mol. The zero-order chi connectivity index (χ0) is 10.4. The van der Waals surface area contributed by atoms with Crippen LogP contribution < -0.4 is 5.32 Å². The molecular weight excluding hydrogens is 178 g/mol. The van der Waals surface area contributed by atoms with Crippen molar-refractivity contribution >= 4 is 0 Å². The Morgan fingerprint density at radius 3 is 2.64 bits per heavy atom. The molecule has 1 heterocycles. The van der Waals surface area contributed by atoms with Gasteiger partial charge >= 0.3 is 0 Å². The summed E-state index contributed by atoms with van der Waals surface area (Å²) in [5.74, 6) is 0. The molecule has 0 aromatic rings. The van der Waals surface area contributed by atoms with E-state index >= 15 is 0 Å². The molecule has 1 rings (SSSR count). The second kappa shape index (κ2) is 5.30. The van der Waals surface area contributed by atoms with Crippen molar-refractivity contribution in [3.8, 4) is 6.07 Å². The van der Waals surface area contributed by atoms with Crippen molar-refractivity contribution < 1.29 is 4.74 Å². The van der Waals surface area contributed by atoms with Crippen molar-refractivity contribution in [2.45, 2.75) is 6.42 Å². The lowest BCUT2D eigenvalue weighted by Crippen LogP contribution is -2.48. The first-order valence-corrected chi connectivity index (χ1v) is 5.03. The van der Waals surface area contributed by atoms with Crippen LogP contribution >= 0.6 is 0 Å². The lowest BCUT2D eigenvalue weighted by molar-refractivity contribution is -0.0753. The van der Waals surface area contributed by atoms with Crippen LogP contribution in [0.15, 0.2) is 0 Å². The van der Waals surface area contributed by atoms with E-state index in [1.807, 2.05) is 0 Å². The summed E-state index contributed by atoms with van der Waals surface area (Å²) in [5.41, 5.74) is -0.238. The van der Waals surface area contributed by atoms with Crippen LogP contribution in [0.2, 0.25) is 0 Å². The smallest absolute Gasteiger partial charge is 0.116 e. The molecule has 0 atom stereocenters. The highest BCUT2D eigenvalue weighted by atomic mass is 16.5. The van der Waals surface area contributed by atoms with E-state index in [4.69, 9.17) is 10.00 Å². The van der Waals surface area contributed by atoms with Crippen LogP contribution in [-0.4, -0.2) is 51.8 Å². The topological polar surface area (TPSA) is 48.3 Å². The number of nitriles is 1. The molecule has 0 bridgehead atoms. The van der Waals surface area contributed by atoms with Crippen molar-refractivity contribution in [2.75, 3.05) is 46.9 Å². The fourth-order valence-corrected chi connectivity index (χ4v) is 1.40. The van der Waals surface area contributed by atoms with Crippen molar-refractivity contribution in [3.05, 3.63) is 0 Å². The Bertz CT molecular complexity index is 206. The molecular formula is C10H19N3O. The van der Waals surface area contributed by atoms with Gasteiger partial charge in [-0.25, -0.2) is 0 Å². The third kappa shape index (κ3) is 3.26. The van der Waals surface area contributed by atoms with Crippen LogP contribution in [-0.2, 0) is 4.74 Å². The molecule has 0 aliphatic carbocycles. The normalized spacial score (nSPS) is 19.0. The minimum absolute atomic E-state index is 0.238. The number of rotatable bonds is 6. The summed E-state index contributed by atoms with van der Waals surface area (Å²) in [6, 6.07) is 2.32. The SMILES string of the molecule is CN(C)CCCNCC1(C#N)COC1. The molecule has 1 fully saturated rings. The molecule has 0 spiro atoms. The van der Waals surface area contributed by atoms with Crippen LogP contribution in [0.25, 0.3) is 0 Å². The van der Waals surface area contributed by atoms with Gasteiger partial charge in [0, 0.05) is 6.54 Å². The number of hydrogen-bond acceptors (Lipinski definition) is 4. The largest absolute Gasteiger partial charge is 0.378 e. The van der Waals surface area contributed by atoms with Crippen LogP contribution in [0, 0.1) is 16.7 Å². The minimum Gasteiger partial charge on any atom is -0.378 e. The predicted octanol–water partition coefficient (Wildman–Crippen LogP) is 0.0679. The van der Waals surface area contributed by atoms with Gasteiger partial charge < -0.3 is 15.0 Å². The van der Waals surface area contributed by atoms with Gasteiger partial charge in [-0.2, -0.15) is 5.26 Å². The Morgan fingerprint density at radius 2 is 2.21 bits per heavy atom. The van der Waals surface area contributed by atoms with E-state index in [2.05, 4.69) is 30.4 Å². The average Bonchev–Trinajstić information content (AvgIpc) is 2.08. The quantitative estimate of drug-likeness (QED) is 0.612. The molecule has 1 N–H and O–H groups in total. The summed E-state index contributed by atoms with van der Waals surface area (Å²) in [6.45, 7) is 4.00. The van der Waals surface area contributed by atoms with Crippen LogP contribution in [0.1, 0.15) is 6.42 Å². The molecule has 1 aliphatic heterocycles. The Kier molecular flexibility index (Phi) is 4.33. The van der Waals surface area contributed by atoms with E-state index in [-0.39, 0.29) is 5.41 Å². The van der Waals surface area contributed by atoms with Gasteiger partial charge in [0.25, 0.3) is 0 Å². The second-order valence-electron chi connectivity index (χ2n) is 4.22. The van der Waals surface area contributed by atoms with E-state index in [0.717, 1.165) is 26.1 Å². The summed E-state index contributed by atoms with van der Waals surface area (Å²) >= 11 is 0. The van der Waals surface area contributed by atoms with Gasteiger partial charge in [-0.05, 0) is 33.6 Å². The van der Waals surface area contributed by atoms with Gasteiger partial charge in [0.1, 0.15) is 5.41 Å². The van der Waals surface area contributed by atoms with Gasteiger partial charge in [-0.15, -0.1) is 0 Å². The third-order valence-corrected chi connectivity index (χ3v) is 2.42. The molecule has 1 saturated heterocycles. The summed E-state index contributed by atoms with van der Waals surface area (Å²) in [4.78, 5) is 2.16. The first-order valence-electron chi connectivity index (χ1n) is 5.03. The zero-order valence-corrected chi connectivity index (χ0v) is 9.05. The van der Waals surface area contributed by atoms with Gasteiger partial charge in [-0.1, -0.05) is 0 Å². The van der Waals surface area contributed by atoms with Gasteiger partial charge in [0.05, 0.1) is 19.3 Å². The van der Waals surface area contributed by atoms with Gasteiger partial charge in [0.2, 0.25) is 0 Å². The highest BCUT2D eigenvalue weighted by Gasteiger charge is 2.38. The van der Waals surface area contributed by atoms with E-state index < -0.39 is 0 Å². The second-order valence-corrected chi connectivity index (χ2v) is 4.22.